The zero-order valence-corrected chi connectivity index (χ0v) is 8.53. The van der Waals surface area contributed by atoms with E-state index in [9.17, 15) is 4.79 Å². The van der Waals surface area contributed by atoms with Crippen LogP contribution in [0.3, 0.4) is 0 Å². The SMILES string of the molecule is O=C(CC1CSC1)NC1CC12CC2. The first-order valence-electron chi connectivity index (χ1n) is 5.16. The quantitative estimate of drug-likeness (QED) is 0.741. The minimum atomic E-state index is 0.305. The van der Waals surface area contributed by atoms with Crippen LogP contribution in [0.2, 0.25) is 0 Å². The Morgan fingerprint density at radius 1 is 1.46 bits per heavy atom. The molecule has 0 aromatic rings. The van der Waals surface area contributed by atoms with Gasteiger partial charge in [0.05, 0.1) is 0 Å². The van der Waals surface area contributed by atoms with E-state index in [4.69, 9.17) is 0 Å². The van der Waals surface area contributed by atoms with Gasteiger partial charge in [-0.3, -0.25) is 4.79 Å². The van der Waals surface area contributed by atoms with Gasteiger partial charge in [-0.15, -0.1) is 0 Å². The van der Waals surface area contributed by atoms with Crippen LogP contribution in [0.4, 0.5) is 0 Å². The van der Waals surface area contributed by atoms with Crippen LogP contribution in [0, 0.1) is 11.3 Å². The third-order valence-electron chi connectivity index (χ3n) is 3.60. The van der Waals surface area contributed by atoms with Crippen LogP contribution in [0.1, 0.15) is 25.7 Å². The molecule has 1 heterocycles. The van der Waals surface area contributed by atoms with Crippen molar-refractivity contribution in [2.75, 3.05) is 11.5 Å². The number of carbonyl (C=O) groups is 1. The summed E-state index contributed by atoms with van der Waals surface area (Å²) < 4.78 is 0. The van der Waals surface area contributed by atoms with E-state index in [2.05, 4.69) is 5.32 Å². The summed E-state index contributed by atoms with van der Waals surface area (Å²) in [7, 11) is 0. The zero-order valence-electron chi connectivity index (χ0n) is 7.71. The lowest BCUT2D eigenvalue weighted by Gasteiger charge is -2.23. The van der Waals surface area contributed by atoms with E-state index in [1.807, 2.05) is 11.8 Å². The predicted molar refractivity (Wildman–Crippen MR) is 53.6 cm³/mol. The maximum absolute atomic E-state index is 11.5. The molecule has 2 saturated carbocycles. The number of thioether (sulfide) groups is 1. The molecule has 3 rings (SSSR count). The van der Waals surface area contributed by atoms with Gasteiger partial charge in [-0.25, -0.2) is 0 Å². The Balaban J connectivity index is 1.42. The Morgan fingerprint density at radius 2 is 2.23 bits per heavy atom. The Kier molecular flexibility index (Phi) is 1.67. The largest absolute Gasteiger partial charge is 0.353 e. The van der Waals surface area contributed by atoms with Gasteiger partial charge in [-0.2, -0.15) is 11.8 Å². The number of carbonyl (C=O) groups excluding carboxylic acids is 1. The van der Waals surface area contributed by atoms with Gasteiger partial charge in [0, 0.05) is 12.5 Å². The summed E-state index contributed by atoms with van der Waals surface area (Å²) in [6.45, 7) is 0. The molecule has 3 heteroatoms. The van der Waals surface area contributed by atoms with Crippen molar-refractivity contribution in [1.82, 2.24) is 5.32 Å². The van der Waals surface area contributed by atoms with Crippen LogP contribution in [-0.2, 0) is 4.79 Å². The molecule has 1 N–H and O–H groups in total. The minimum absolute atomic E-state index is 0.305. The molecule has 0 aromatic heterocycles. The topological polar surface area (TPSA) is 29.1 Å². The van der Waals surface area contributed by atoms with Gasteiger partial charge in [0.2, 0.25) is 5.91 Å². The fourth-order valence-electron chi connectivity index (χ4n) is 2.18. The number of hydrogen-bond donors (Lipinski definition) is 1. The normalized spacial score (nSPS) is 34.0. The summed E-state index contributed by atoms with van der Waals surface area (Å²) in [5.74, 6) is 3.38. The van der Waals surface area contributed by atoms with Crippen LogP contribution in [0.25, 0.3) is 0 Å². The number of rotatable bonds is 3. The van der Waals surface area contributed by atoms with E-state index in [1.165, 1.54) is 30.8 Å². The minimum Gasteiger partial charge on any atom is -0.353 e. The molecule has 1 amide bonds. The van der Waals surface area contributed by atoms with Crippen LogP contribution < -0.4 is 5.32 Å². The van der Waals surface area contributed by atoms with Crippen molar-refractivity contribution in [3.05, 3.63) is 0 Å². The van der Waals surface area contributed by atoms with Crippen molar-refractivity contribution in [2.24, 2.45) is 11.3 Å². The Labute approximate surface area is 82.8 Å². The maximum Gasteiger partial charge on any atom is 0.220 e. The fraction of sp³-hybridized carbons (Fsp3) is 0.900. The van der Waals surface area contributed by atoms with Crippen LogP contribution in [-0.4, -0.2) is 23.5 Å². The lowest BCUT2D eigenvalue weighted by Crippen LogP contribution is -2.32. The summed E-state index contributed by atoms with van der Waals surface area (Å²) in [5, 5.41) is 3.16. The van der Waals surface area contributed by atoms with Gasteiger partial charge in [-0.1, -0.05) is 0 Å². The molecular formula is C10H15NOS. The van der Waals surface area contributed by atoms with Gasteiger partial charge < -0.3 is 5.32 Å². The maximum atomic E-state index is 11.5. The van der Waals surface area contributed by atoms with Crippen molar-refractivity contribution in [2.45, 2.75) is 31.7 Å². The molecule has 3 aliphatic rings. The van der Waals surface area contributed by atoms with E-state index in [0.29, 0.717) is 23.3 Å². The predicted octanol–water partition coefficient (Wildman–Crippen LogP) is 1.41. The third-order valence-corrected chi connectivity index (χ3v) is 5.01. The summed E-state index contributed by atoms with van der Waals surface area (Å²) in [4.78, 5) is 11.5. The summed E-state index contributed by atoms with van der Waals surface area (Å²) in [6, 6.07) is 0.563. The summed E-state index contributed by atoms with van der Waals surface area (Å²) >= 11 is 1.95. The number of hydrogen-bond acceptors (Lipinski definition) is 2. The van der Waals surface area contributed by atoms with Gasteiger partial charge in [-0.05, 0) is 42.1 Å². The van der Waals surface area contributed by atoms with Crippen molar-refractivity contribution in [3.8, 4) is 0 Å². The first-order chi connectivity index (χ1) is 6.28. The Morgan fingerprint density at radius 3 is 2.69 bits per heavy atom. The second-order valence-electron chi connectivity index (χ2n) is 4.79. The van der Waals surface area contributed by atoms with Crippen LogP contribution in [0.5, 0.6) is 0 Å². The molecule has 1 atom stereocenters. The van der Waals surface area contributed by atoms with E-state index in [1.54, 1.807) is 0 Å². The molecule has 1 saturated heterocycles. The fourth-order valence-corrected chi connectivity index (χ4v) is 2.99. The lowest BCUT2D eigenvalue weighted by atomic mass is 10.1. The number of nitrogens with one attached hydrogen (secondary N) is 1. The molecule has 0 bridgehead atoms. The van der Waals surface area contributed by atoms with E-state index in [0.717, 1.165) is 6.42 Å². The van der Waals surface area contributed by atoms with Crippen molar-refractivity contribution >= 4 is 17.7 Å². The first-order valence-corrected chi connectivity index (χ1v) is 6.31. The standard InChI is InChI=1S/C10H15NOS/c12-9(3-7-5-13-6-7)11-8-4-10(8)1-2-10/h7-8H,1-6H2,(H,11,12). The van der Waals surface area contributed by atoms with Gasteiger partial charge in [0.15, 0.2) is 0 Å². The zero-order chi connectivity index (χ0) is 8.89. The average molecular weight is 197 g/mol. The second-order valence-corrected chi connectivity index (χ2v) is 5.87. The van der Waals surface area contributed by atoms with E-state index < -0.39 is 0 Å². The van der Waals surface area contributed by atoms with E-state index in [-0.39, 0.29) is 0 Å². The Hall–Kier alpha value is -0.180. The Bertz CT molecular complexity index is 245. The van der Waals surface area contributed by atoms with E-state index >= 15 is 0 Å². The molecular weight excluding hydrogens is 182 g/mol. The van der Waals surface area contributed by atoms with Crippen LogP contribution in [0.15, 0.2) is 0 Å². The molecule has 2 nitrogen and oxygen atoms in total. The molecule has 1 aliphatic heterocycles. The highest BCUT2D eigenvalue weighted by Gasteiger charge is 2.63. The highest BCUT2D eigenvalue weighted by Crippen LogP contribution is 2.65. The summed E-state index contributed by atoms with van der Waals surface area (Å²) in [5.41, 5.74) is 0.615. The highest BCUT2D eigenvalue weighted by molar-refractivity contribution is 8.00. The number of amides is 1. The van der Waals surface area contributed by atoms with Gasteiger partial charge in [0.25, 0.3) is 0 Å². The van der Waals surface area contributed by atoms with Gasteiger partial charge >= 0.3 is 0 Å². The summed E-state index contributed by atoms with van der Waals surface area (Å²) in [6.07, 6.45) is 4.76. The molecule has 72 valence electrons. The average Bonchev–Trinajstić information content (AvgIpc) is 2.88. The molecule has 0 aromatic carbocycles. The molecule has 3 fully saturated rings. The van der Waals surface area contributed by atoms with Gasteiger partial charge in [0.1, 0.15) is 0 Å². The lowest BCUT2D eigenvalue weighted by molar-refractivity contribution is -0.122. The third kappa shape index (κ3) is 1.47. The molecule has 1 spiro atoms. The van der Waals surface area contributed by atoms with Crippen LogP contribution >= 0.6 is 11.8 Å². The molecule has 2 aliphatic carbocycles. The monoisotopic (exact) mass is 197 g/mol. The highest BCUT2D eigenvalue weighted by atomic mass is 32.2. The molecule has 0 radical (unpaired) electrons. The van der Waals surface area contributed by atoms with Crippen molar-refractivity contribution < 1.29 is 4.79 Å². The second kappa shape index (κ2) is 2.66. The first kappa shape index (κ1) is 8.16. The van der Waals surface area contributed by atoms with Crippen molar-refractivity contribution in [3.63, 3.8) is 0 Å². The van der Waals surface area contributed by atoms with Crippen molar-refractivity contribution in [1.29, 1.82) is 0 Å². The molecule has 1 unspecified atom stereocenters. The molecule has 13 heavy (non-hydrogen) atoms. The smallest absolute Gasteiger partial charge is 0.220 e.